The number of alkyl halides is 2. The topological polar surface area (TPSA) is 88.7 Å². The Balaban J connectivity index is 3.30. The Bertz CT molecular complexity index is 398. The van der Waals surface area contributed by atoms with Crippen LogP contribution in [0.15, 0.2) is 6.20 Å². The molecule has 4 N–H and O–H groups in total. The van der Waals surface area contributed by atoms with Gasteiger partial charge in [-0.1, -0.05) is 0 Å². The van der Waals surface area contributed by atoms with Crippen LogP contribution in [0.1, 0.15) is 23.2 Å². The number of nitriles is 1. The lowest BCUT2D eigenvalue weighted by atomic mass is 10.1. The number of rotatable bonds is 3. The predicted molar refractivity (Wildman–Crippen MR) is 50.8 cm³/mol. The van der Waals surface area contributed by atoms with Crippen LogP contribution >= 0.6 is 0 Å². The van der Waals surface area contributed by atoms with Crippen LogP contribution in [0.3, 0.4) is 0 Å². The molecule has 1 aromatic rings. The third-order valence-electron chi connectivity index (χ3n) is 2.01. The van der Waals surface area contributed by atoms with E-state index in [2.05, 4.69) is 4.98 Å². The van der Waals surface area contributed by atoms with Crippen molar-refractivity contribution >= 4 is 5.69 Å². The molecule has 15 heavy (non-hydrogen) atoms. The molecule has 6 heteroatoms. The molecule has 0 aliphatic carbocycles. The number of nitrogens with two attached hydrogens (primary N) is 2. The Morgan fingerprint density at radius 1 is 1.53 bits per heavy atom. The molecule has 0 unspecified atom stereocenters. The van der Waals surface area contributed by atoms with Gasteiger partial charge in [0.2, 0.25) is 0 Å². The Labute approximate surface area is 85.5 Å². The molecule has 0 radical (unpaired) electrons. The van der Waals surface area contributed by atoms with Crippen molar-refractivity contribution in [2.24, 2.45) is 5.73 Å². The van der Waals surface area contributed by atoms with E-state index in [4.69, 9.17) is 16.7 Å². The van der Waals surface area contributed by atoms with Crippen LogP contribution in [0.4, 0.5) is 14.5 Å². The first kappa shape index (κ1) is 11.3. The van der Waals surface area contributed by atoms with Crippen LogP contribution in [0, 0.1) is 11.3 Å². The highest BCUT2D eigenvalue weighted by molar-refractivity contribution is 5.55. The van der Waals surface area contributed by atoms with Crippen molar-refractivity contribution in [2.45, 2.75) is 19.4 Å². The SMILES string of the molecule is N#CCc1ncc(CN)c(C(F)F)c1N. The van der Waals surface area contributed by atoms with Crippen LogP contribution in [0.5, 0.6) is 0 Å². The number of nitrogen functional groups attached to an aromatic ring is 1. The number of hydrogen-bond donors (Lipinski definition) is 2. The van der Waals surface area contributed by atoms with Crippen molar-refractivity contribution in [3.8, 4) is 6.07 Å². The maximum Gasteiger partial charge on any atom is 0.266 e. The molecule has 0 amide bonds. The van der Waals surface area contributed by atoms with E-state index in [1.807, 2.05) is 6.07 Å². The van der Waals surface area contributed by atoms with Crippen molar-refractivity contribution in [1.82, 2.24) is 4.98 Å². The minimum absolute atomic E-state index is 0.0519. The normalized spacial score (nSPS) is 10.3. The summed E-state index contributed by atoms with van der Waals surface area (Å²) >= 11 is 0. The maximum absolute atomic E-state index is 12.6. The lowest BCUT2D eigenvalue weighted by Crippen LogP contribution is -2.09. The fraction of sp³-hybridized carbons (Fsp3) is 0.333. The zero-order valence-electron chi connectivity index (χ0n) is 7.87. The molecular weight excluding hydrogens is 202 g/mol. The van der Waals surface area contributed by atoms with Gasteiger partial charge in [-0.2, -0.15) is 5.26 Å². The second-order valence-electron chi connectivity index (χ2n) is 2.90. The first-order chi connectivity index (χ1) is 7.11. The summed E-state index contributed by atoms with van der Waals surface area (Å²) in [6.45, 7) is -0.0519. The van der Waals surface area contributed by atoms with Crippen molar-refractivity contribution in [1.29, 1.82) is 5.26 Å². The molecule has 0 aliphatic rings. The zero-order valence-corrected chi connectivity index (χ0v) is 7.87. The van der Waals surface area contributed by atoms with E-state index in [1.165, 1.54) is 6.20 Å². The van der Waals surface area contributed by atoms with Gasteiger partial charge in [-0.3, -0.25) is 4.98 Å². The highest BCUT2D eigenvalue weighted by atomic mass is 19.3. The highest BCUT2D eigenvalue weighted by Crippen LogP contribution is 2.30. The molecule has 80 valence electrons. The van der Waals surface area contributed by atoms with E-state index >= 15 is 0 Å². The third-order valence-corrected chi connectivity index (χ3v) is 2.01. The molecule has 0 aromatic carbocycles. The van der Waals surface area contributed by atoms with Gasteiger partial charge in [0.05, 0.1) is 23.9 Å². The summed E-state index contributed by atoms with van der Waals surface area (Å²) in [6, 6.07) is 1.81. The quantitative estimate of drug-likeness (QED) is 0.785. The first-order valence-corrected chi connectivity index (χ1v) is 4.23. The molecule has 0 atom stereocenters. The van der Waals surface area contributed by atoms with Crippen molar-refractivity contribution in [3.63, 3.8) is 0 Å². The molecule has 0 spiro atoms. The van der Waals surface area contributed by atoms with Gasteiger partial charge >= 0.3 is 0 Å². The highest BCUT2D eigenvalue weighted by Gasteiger charge is 2.19. The molecule has 0 aliphatic heterocycles. The minimum Gasteiger partial charge on any atom is -0.397 e. The van der Waals surface area contributed by atoms with Gasteiger partial charge in [0.15, 0.2) is 0 Å². The van der Waals surface area contributed by atoms with Gasteiger partial charge in [0.25, 0.3) is 6.43 Å². The fourth-order valence-corrected chi connectivity index (χ4v) is 1.26. The Morgan fingerprint density at radius 2 is 2.20 bits per heavy atom. The van der Waals surface area contributed by atoms with Crippen LogP contribution in [0.2, 0.25) is 0 Å². The summed E-state index contributed by atoms with van der Waals surface area (Å²) < 4.78 is 25.3. The fourth-order valence-electron chi connectivity index (χ4n) is 1.26. The smallest absolute Gasteiger partial charge is 0.266 e. The van der Waals surface area contributed by atoms with E-state index in [0.717, 1.165) is 0 Å². The molecule has 1 aromatic heterocycles. The molecule has 0 saturated carbocycles. The van der Waals surface area contributed by atoms with Gasteiger partial charge in [0.1, 0.15) is 0 Å². The van der Waals surface area contributed by atoms with Crippen molar-refractivity contribution in [2.75, 3.05) is 5.73 Å². The van der Waals surface area contributed by atoms with Crippen LogP contribution in [-0.2, 0) is 13.0 Å². The second-order valence-corrected chi connectivity index (χ2v) is 2.90. The van der Waals surface area contributed by atoms with E-state index in [1.54, 1.807) is 0 Å². The summed E-state index contributed by atoms with van der Waals surface area (Å²) in [6.07, 6.45) is -1.55. The Hall–Kier alpha value is -1.74. The van der Waals surface area contributed by atoms with Crippen molar-refractivity contribution in [3.05, 3.63) is 23.0 Å². The summed E-state index contributed by atoms with van der Waals surface area (Å²) in [5, 5.41) is 8.44. The summed E-state index contributed by atoms with van der Waals surface area (Å²) in [4.78, 5) is 3.82. The Kier molecular flexibility index (Phi) is 3.52. The molecule has 0 bridgehead atoms. The lowest BCUT2D eigenvalue weighted by Gasteiger charge is -2.11. The number of aromatic nitrogens is 1. The standard InChI is InChI=1S/C9H10F2N4/c10-9(11)7-5(3-13)4-15-6(1-2-12)8(7)14/h4,9H,1,3,13-14H2. The summed E-state index contributed by atoms with van der Waals surface area (Å²) in [7, 11) is 0. The second kappa shape index (κ2) is 4.66. The van der Waals surface area contributed by atoms with Crippen LogP contribution in [-0.4, -0.2) is 4.98 Å². The van der Waals surface area contributed by atoms with Gasteiger partial charge in [0, 0.05) is 18.3 Å². The summed E-state index contributed by atoms with van der Waals surface area (Å²) in [5.41, 5.74) is 10.7. The first-order valence-electron chi connectivity index (χ1n) is 4.23. The van der Waals surface area contributed by atoms with Gasteiger partial charge < -0.3 is 11.5 Å². The average Bonchev–Trinajstić information content (AvgIpc) is 2.20. The Morgan fingerprint density at radius 3 is 2.67 bits per heavy atom. The predicted octanol–water partition coefficient (Wildman–Crippen LogP) is 1.13. The van der Waals surface area contributed by atoms with E-state index in [9.17, 15) is 8.78 Å². The number of halogens is 2. The van der Waals surface area contributed by atoms with Gasteiger partial charge in [-0.25, -0.2) is 8.78 Å². The number of hydrogen-bond acceptors (Lipinski definition) is 4. The lowest BCUT2D eigenvalue weighted by molar-refractivity contribution is 0.151. The number of anilines is 1. The molecule has 4 nitrogen and oxygen atoms in total. The maximum atomic E-state index is 12.6. The zero-order chi connectivity index (χ0) is 11.4. The van der Waals surface area contributed by atoms with Crippen LogP contribution < -0.4 is 11.5 Å². The van der Waals surface area contributed by atoms with E-state index < -0.39 is 6.43 Å². The minimum atomic E-state index is -2.70. The van der Waals surface area contributed by atoms with Gasteiger partial charge in [-0.15, -0.1) is 0 Å². The molecule has 0 fully saturated rings. The molecule has 1 rings (SSSR count). The molecule has 1 heterocycles. The number of pyridine rings is 1. The number of nitrogens with zero attached hydrogens (tertiary/aromatic N) is 2. The monoisotopic (exact) mass is 212 g/mol. The molecule has 0 saturated heterocycles. The van der Waals surface area contributed by atoms with Gasteiger partial charge in [-0.05, 0) is 5.56 Å². The summed E-state index contributed by atoms with van der Waals surface area (Å²) in [5.74, 6) is 0. The third kappa shape index (κ3) is 2.19. The van der Waals surface area contributed by atoms with E-state index in [0.29, 0.717) is 0 Å². The van der Waals surface area contributed by atoms with Crippen LogP contribution in [0.25, 0.3) is 0 Å². The average molecular weight is 212 g/mol. The molecular formula is C9H10F2N4. The largest absolute Gasteiger partial charge is 0.397 e. The van der Waals surface area contributed by atoms with Crippen molar-refractivity contribution < 1.29 is 8.78 Å². The van der Waals surface area contributed by atoms with E-state index in [-0.39, 0.29) is 35.5 Å².